The molecular formula is C11H13ClNO3S-. The van der Waals surface area contributed by atoms with Gasteiger partial charge in [-0.15, -0.1) is 0 Å². The highest BCUT2D eigenvalue weighted by Gasteiger charge is 2.14. The molecule has 17 heavy (non-hydrogen) atoms. The maximum atomic E-state index is 12.0. The van der Waals surface area contributed by atoms with E-state index in [1.54, 1.807) is 4.90 Å². The average Bonchev–Trinajstić information content (AvgIpc) is 2.30. The second kappa shape index (κ2) is 6.14. The summed E-state index contributed by atoms with van der Waals surface area (Å²) in [7, 11) is 0. The molecule has 0 bridgehead atoms. The average molecular weight is 275 g/mol. The Morgan fingerprint density at radius 3 is 2.47 bits per heavy atom. The van der Waals surface area contributed by atoms with Crippen LogP contribution in [-0.2, 0) is 11.1 Å². The molecule has 4 nitrogen and oxygen atoms in total. The molecule has 1 aromatic rings. The zero-order valence-corrected chi connectivity index (χ0v) is 11.2. The van der Waals surface area contributed by atoms with Crippen molar-refractivity contribution in [3.63, 3.8) is 0 Å². The summed E-state index contributed by atoms with van der Waals surface area (Å²) in [6.07, 6.45) is 0. The van der Waals surface area contributed by atoms with E-state index in [9.17, 15) is 13.6 Å². The van der Waals surface area contributed by atoms with Crippen molar-refractivity contribution >= 4 is 28.6 Å². The van der Waals surface area contributed by atoms with E-state index < -0.39 is 11.1 Å². The Kier molecular flexibility index (Phi) is 5.11. The summed E-state index contributed by atoms with van der Waals surface area (Å²) >= 11 is 3.29. The zero-order valence-electron chi connectivity index (χ0n) is 9.60. The fraction of sp³-hybridized carbons (Fsp3) is 0.364. The van der Waals surface area contributed by atoms with Gasteiger partial charge in [-0.3, -0.25) is 9.00 Å². The molecule has 6 heteroatoms. The molecule has 0 N–H and O–H groups in total. The lowest BCUT2D eigenvalue weighted by atomic mass is 10.2. The molecule has 1 unspecified atom stereocenters. The van der Waals surface area contributed by atoms with Gasteiger partial charge in [-0.25, -0.2) is 0 Å². The van der Waals surface area contributed by atoms with Crippen LogP contribution in [0.1, 0.15) is 24.2 Å². The molecule has 1 aromatic carbocycles. The van der Waals surface area contributed by atoms with Crippen molar-refractivity contribution in [3.8, 4) is 0 Å². The Labute approximate surface area is 108 Å². The molecule has 0 aliphatic rings. The van der Waals surface area contributed by atoms with Crippen molar-refractivity contribution in [2.24, 2.45) is 0 Å². The minimum atomic E-state index is -2.44. The van der Waals surface area contributed by atoms with Crippen LogP contribution in [-0.4, -0.2) is 32.7 Å². The van der Waals surface area contributed by atoms with E-state index in [1.807, 2.05) is 13.8 Å². The van der Waals surface area contributed by atoms with E-state index in [0.717, 1.165) is 0 Å². The molecule has 1 atom stereocenters. The van der Waals surface area contributed by atoms with E-state index >= 15 is 0 Å². The molecule has 0 fully saturated rings. The van der Waals surface area contributed by atoms with Crippen LogP contribution in [0.15, 0.2) is 23.1 Å². The number of halogens is 1. The number of carbonyl (C=O) groups is 1. The molecule has 0 radical (unpaired) electrons. The van der Waals surface area contributed by atoms with Gasteiger partial charge >= 0.3 is 0 Å². The summed E-state index contributed by atoms with van der Waals surface area (Å²) in [5.74, 6) is -0.196. The van der Waals surface area contributed by atoms with Crippen LogP contribution in [0.5, 0.6) is 0 Å². The Hall–Kier alpha value is -0.910. The number of benzene rings is 1. The van der Waals surface area contributed by atoms with Crippen LogP contribution >= 0.6 is 11.6 Å². The topological polar surface area (TPSA) is 60.4 Å². The molecular weight excluding hydrogens is 262 g/mol. The van der Waals surface area contributed by atoms with Gasteiger partial charge in [-0.05, 0) is 43.1 Å². The molecule has 94 valence electrons. The molecule has 0 heterocycles. The van der Waals surface area contributed by atoms with Crippen molar-refractivity contribution in [1.29, 1.82) is 0 Å². The van der Waals surface area contributed by atoms with Crippen LogP contribution in [0.3, 0.4) is 0 Å². The van der Waals surface area contributed by atoms with Gasteiger partial charge in [0, 0.05) is 23.5 Å². The molecule has 0 spiro atoms. The van der Waals surface area contributed by atoms with E-state index in [2.05, 4.69) is 0 Å². The van der Waals surface area contributed by atoms with Gasteiger partial charge in [0.1, 0.15) is 0 Å². The monoisotopic (exact) mass is 274 g/mol. The third kappa shape index (κ3) is 3.28. The summed E-state index contributed by atoms with van der Waals surface area (Å²) in [5.41, 5.74) is 0.331. The maximum absolute atomic E-state index is 12.0. The lowest BCUT2D eigenvalue weighted by molar-refractivity contribution is 0.0773. The van der Waals surface area contributed by atoms with Crippen LogP contribution in [0.4, 0.5) is 0 Å². The van der Waals surface area contributed by atoms with Crippen molar-refractivity contribution in [2.45, 2.75) is 18.7 Å². The van der Waals surface area contributed by atoms with Gasteiger partial charge in [0.25, 0.3) is 5.91 Å². The van der Waals surface area contributed by atoms with Gasteiger partial charge in [-0.2, -0.15) is 0 Å². The summed E-state index contributed by atoms with van der Waals surface area (Å²) in [6.45, 7) is 4.88. The van der Waals surface area contributed by atoms with Crippen molar-refractivity contribution in [2.75, 3.05) is 13.1 Å². The lowest BCUT2D eigenvalue weighted by Gasteiger charge is -2.19. The third-order valence-electron chi connectivity index (χ3n) is 2.41. The van der Waals surface area contributed by atoms with E-state index in [-0.39, 0.29) is 15.8 Å². The number of carbonyl (C=O) groups excluding carboxylic acids is 1. The predicted octanol–water partition coefficient (Wildman–Crippen LogP) is 2.06. The first kappa shape index (κ1) is 14.2. The second-order valence-electron chi connectivity index (χ2n) is 3.36. The highest BCUT2D eigenvalue weighted by molar-refractivity contribution is 7.79. The SMILES string of the molecule is CCN(CC)C(=O)c1ccc(Cl)c(S(=O)[O-])c1. The van der Waals surface area contributed by atoms with Crippen LogP contribution in [0.2, 0.25) is 5.02 Å². The Balaban J connectivity index is 3.11. The van der Waals surface area contributed by atoms with Crippen LogP contribution in [0.25, 0.3) is 0 Å². The summed E-state index contributed by atoms with van der Waals surface area (Å²) < 4.78 is 21.8. The fourth-order valence-electron chi connectivity index (χ4n) is 1.46. The van der Waals surface area contributed by atoms with E-state index in [1.165, 1.54) is 18.2 Å². The number of rotatable bonds is 4. The van der Waals surface area contributed by atoms with Crippen molar-refractivity contribution < 1.29 is 13.6 Å². The number of nitrogens with zero attached hydrogens (tertiary/aromatic N) is 1. The van der Waals surface area contributed by atoms with Crippen molar-refractivity contribution in [1.82, 2.24) is 4.90 Å². The molecule has 0 saturated carbocycles. The maximum Gasteiger partial charge on any atom is 0.253 e. The highest BCUT2D eigenvalue weighted by Crippen LogP contribution is 2.21. The molecule has 0 aliphatic heterocycles. The molecule has 1 rings (SSSR count). The Morgan fingerprint density at radius 2 is 2.00 bits per heavy atom. The Morgan fingerprint density at radius 1 is 1.41 bits per heavy atom. The summed E-state index contributed by atoms with van der Waals surface area (Å²) in [4.78, 5) is 13.5. The third-order valence-corrected chi connectivity index (χ3v) is 3.55. The van der Waals surface area contributed by atoms with E-state index in [4.69, 9.17) is 11.6 Å². The quantitative estimate of drug-likeness (QED) is 0.790. The second-order valence-corrected chi connectivity index (χ2v) is 4.67. The van der Waals surface area contributed by atoms with Gasteiger partial charge in [0.15, 0.2) is 0 Å². The first-order valence-electron chi connectivity index (χ1n) is 5.19. The molecule has 0 saturated heterocycles. The zero-order chi connectivity index (χ0) is 13.0. The number of amides is 1. The van der Waals surface area contributed by atoms with Gasteiger partial charge in [-0.1, -0.05) is 11.6 Å². The standard InChI is InChI=1S/C11H14ClNO3S/c1-3-13(4-2)11(14)8-5-6-9(12)10(7-8)17(15)16/h5-7H,3-4H2,1-2H3,(H,15,16)/p-1. The first-order valence-corrected chi connectivity index (χ1v) is 6.64. The van der Waals surface area contributed by atoms with Crippen LogP contribution in [0, 0.1) is 0 Å². The lowest BCUT2D eigenvalue weighted by Crippen LogP contribution is -2.30. The van der Waals surface area contributed by atoms with Crippen LogP contribution < -0.4 is 0 Å². The van der Waals surface area contributed by atoms with E-state index in [0.29, 0.717) is 18.7 Å². The summed E-state index contributed by atoms with van der Waals surface area (Å²) in [5, 5.41) is 0.120. The minimum Gasteiger partial charge on any atom is -0.768 e. The molecule has 0 aliphatic carbocycles. The smallest absolute Gasteiger partial charge is 0.253 e. The largest absolute Gasteiger partial charge is 0.768 e. The Bertz CT molecular complexity index is 446. The molecule has 0 aromatic heterocycles. The van der Waals surface area contributed by atoms with Gasteiger partial charge < -0.3 is 9.45 Å². The van der Waals surface area contributed by atoms with Crippen molar-refractivity contribution in [3.05, 3.63) is 28.8 Å². The predicted molar refractivity (Wildman–Crippen MR) is 65.9 cm³/mol. The summed E-state index contributed by atoms with van der Waals surface area (Å²) in [6, 6.07) is 4.24. The van der Waals surface area contributed by atoms with Gasteiger partial charge in [0.05, 0.1) is 5.02 Å². The molecule has 1 amide bonds. The fourth-order valence-corrected chi connectivity index (χ4v) is 2.21. The van der Waals surface area contributed by atoms with Gasteiger partial charge in [0.2, 0.25) is 0 Å². The highest BCUT2D eigenvalue weighted by atomic mass is 35.5. The normalized spacial score (nSPS) is 12.2. The number of hydrogen-bond donors (Lipinski definition) is 0. The minimum absolute atomic E-state index is 0.0512. The number of hydrogen-bond acceptors (Lipinski definition) is 3. The first-order chi connectivity index (χ1) is 8.01.